The van der Waals surface area contributed by atoms with Crippen LogP contribution in [-0.4, -0.2) is 40.6 Å². The summed E-state index contributed by atoms with van der Waals surface area (Å²) in [4.78, 5) is 40.0. The Morgan fingerprint density at radius 3 is 2.57 bits per heavy atom. The quantitative estimate of drug-likeness (QED) is 0.874. The number of carbonyl (C=O) groups is 3. The summed E-state index contributed by atoms with van der Waals surface area (Å²) in [7, 11) is 0. The van der Waals surface area contributed by atoms with E-state index in [0.29, 0.717) is 29.9 Å². The first-order valence-corrected chi connectivity index (χ1v) is 9.29. The monoisotopic (exact) mass is 375 g/mol. The Bertz CT molecular complexity index is 947. The molecule has 0 bridgehead atoms. The highest BCUT2D eigenvalue weighted by Gasteiger charge is 2.31. The molecule has 0 spiro atoms. The lowest BCUT2D eigenvalue weighted by atomic mass is 10.1. The lowest BCUT2D eigenvalue weighted by Gasteiger charge is -2.18. The Labute approximate surface area is 163 Å². The van der Waals surface area contributed by atoms with Crippen molar-refractivity contribution < 1.29 is 14.4 Å². The number of nitrogens with one attached hydrogen (secondary N) is 1. The van der Waals surface area contributed by atoms with Crippen LogP contribution in [0.2, 0.25) is 0 Å². The molecule has 1 N–H and O–H groups in total. The molecule has 2 aliphatic heterocycles. The van der Waals surface area contributed by atoms with E-state index in [-0.39, 0.29) is 24.3 Å². The van der Waals surface area contributed by atoms with Crippen LogP contribution in [0.1, 0.15) is 34.3 Å². The van der Waals surface area contributed by atoms with E-state index < -0.39 is 0 Å². The number of carbonyl (C=O) groups excluding carboxylic acids is 3. The maximum absolute atomic E-state index is 12.5. The van der Waals surface area contributed by atoms with Gasteiger partial charge in [0.1, 0.15) is 6.54 Å². The number of hydrogen-bond acceptors (Lipinski definition) is 3. The predicted molar refractivity (Wildman–Crippen MR) is 106 cm³/mol. The molecule has 0 saturated carbocycles. The number of benzene rings is 2. The van der Waals surface area contributed by atoms with Gasteiger partial charge in [-0.15, -0.1) is 0 Å². The first kappa shape index (κ1) is 18.0. The summed E-state index contributed by atoms with van der Waals surface area (Å²) >= 11 is 0. The molecule has 1 saturated heterocycles. The fourth-order valence-electron chi connectivity index (χ4n) is 3.68. The zero-order valence-electron chi connectivity index (χ0n) is 15.5. The lowest BCUT2D eigenvalue weighted by Crippen LogP contribution is -2.32. The van der Waals surface area contributed by atoms with Crippen LogP contribution < -0.4 is 5.32 Å². The van der Waals surface area contributed by atoms with E-state index in [1.807, 2.05) is 35.2 Å². The molecule has 1 fully saturated rings. The van der Waals surface area contributed by atoms with Crippen molar-refractivity contribution in [3.05, 3.63) is 71.8 Å². The van der Waals surface area contributed by atoms with Crippen molar-refractivity contribution in [2.24, 2.45) is 0 Å². The van der Waals surface area contributed by atoms with Gasteiger partial charge in [-0.25, -0.2) is 0 Å². The number of nitrogens with zero attached hydrogens (tertiary/aromatic N) is 2. The molecule has 6 nitrogen and oxygen atoms in total. The van der Waals surface area contributed by atoms with Gasteiger partial charge < -0.3 is 10.2 Å². The average Bonchev–Trinajstić information content (AvgIpc) is 3.19. The third kappa shape index (κ3) is 3.41. The summed E-state index contributed by atoms with van der Waals surface area (Å²) in [6, 6.07) is 14.6. The summed E-state index contributed by atoms with van der Waals surface area (Å²) in [6.07, 6.45) is 1.50. The van der Waals surface area contributed by atoms with Crippen molar-refractivity contribution >= 4 is 29.1 Å². The molecule has 3 amide bonds. The van der Waals surface area contributed by atoms with Crippen molar-refractivity contribution in [1.82, 2.24) is 9.80 Å². The molecule has 142 valence electrons. The molecule has 28 heavy (non-hydrogen) atoms. The highest BCUT2D eigenvalue weighted by molar-refractivity contribution is 6.11. The van der Waals surface area contributed by atoms with E-state index in [1.165, 1.54) is 4.90 Å². The Morgan fingerprint density at radius 1 is 1.07 bits per heavy atom. The second kappa shape index (κ2) is 7.31. The molecule has 0 aliphatic carbocycles. The number of rotatable bonds is 5. The standard InChI is InChI=1S/C22H21N3O3/c1-15-18-8-2-3-9-19(18)22(28)25(15)14-20(26)23-17-7-4-6-16(12-17)13-24-11-5-10-21(24)27/h2-4,6-9,12H,1,5,10-11,13-14H2,(H,23,26). The van der Waals surface area contributed by atoms with Gasteiger partial charge in [0.25, 0.3) is 5.91 Å². The Balaban J connectivity index is 1.41. The number of hydrogen-bond donors (Lipinski definition) is 1. The molecular weight excluding hydrogens is 354 g/mol. The zero-order valence-corrected chi connectivity index (χ0v) is 15.5. The second-order valence-electron chi connectivity index (χ2n) is 7.05. The summed E-state index contributed by atoms with van der Waals surface area (Å²) in [5.41, 5.74) is 3.47. The van der Waals surface area contributed by atoms with Crippen LogP contribution in [0, 0.1) is 0 Å². The van der Waals surface area contributed by atoms with Crippen LogP contribution in [-0.2, 0) is 16.1 Å². The number of likely N-dealkylation sites (tertiary alicyclic amines) is 1. The van der Waals surface area contributed by atoms with Crippen LogP contribution in [0.15, 0.2) is 55.1 Å². The van der Waals surface area contributed by atoms with Crippen LogP contribution in [0.3, 0.4) is 0 Å². The first-order valence-electron chi connectivity index (χ1n) is 9.29. The average molecular weight is 375 g/mol. The summed E-state index contributed by atoms with van der Waals surface area (Å²) in [5, 5.41) is 2.84. The van der Waals surface area contributed by atoms with E-state index in [9.17, 15) is 14.4 Å². The molecule has 2 heterocycles. The smallest absolute Gasteiger partial charge is 0.259 e. The minimum Gasteiger partial charge on any atom is -0.338 e. The number of fused-ring (bicyclic) bond motifs is 1. The molecule has 0 unspecified atom stereocenters. The van der Waals surface area contributed by atoms with Crippen molar-refractivity contribution in [2.75, 3.05) is 18.4 Å². The summed E-state index contributed by atoms with van der Waals surface area (Å²) in [6.45, 7) is 5.17. The fraction of sp³-hybridized carbons (Fsp3) is 0.227. The fourth-order valence-corrected chi connectivity index (χ4v) is 3.68. The molecule has 0 atom stereocenters. The van der Waals surface area contributed by atoms with Gasteiger partial charge in [0.05, 0.1) is 0 Å². The second-order valence-corrected chi connectivity index (χ2v) is 7.05. The van der Waals surface area contributed by atoms with E-state index >= 15 is 0 Å². The van der Waals surface area contributed by atoms with Gasteiger partial charge in [-0.2, -0.15) is 0 Å². The van der Waals surface area contributed by atoms with Crippen molar-refractivity contribution in [3.8, 4) is 0 Å². The van der Waals surface area contributed by atoms with Crippen LogP contribution in [0.25, 0.3) is 5.70 Å². The highest BCUT2D eigenvalue weighted by atomic mass is 16.2. The van der Waals surface area contributed by atoms with Gasteiger partial charge in [-0.3, -0.25) is 19.3 Å². The maximum Gasteiger partial charge on any atom is 0.259 e. The van der Waals surface area contributed by atoms with Crippen LogP contribution >= 0.6 is 0 Å². The van der Waals surface area contributed by atoms with Gasteiger partial charge in [-0.1, -0.05) is 36.9 Å². The number of amides is 3. The van der Waals surface area contributed by atoms with Gasteiger partial charge in [-0.05, 0) is 30.2 Å². The predicted octanol–water partition coefficient (Wildman–Crippen LogP) is 2.87. The third-order valence-electron chi connectivity index (χ3n) is 5.10. The van der Waals surface area contributed by atoms with Crippen LogP contribution in [0.4, 0.5) is 5.69 Å². The van der Waals surface area contributed by atoms with E-state index in [0.717, 1.165) is 24.1 Å². The lowest BCUT2D eigenvalue weighted by molar-refractivity contribution is -0.128. The van der Waals surface area contributed by atoms with E-state index in [2.05, 4.69) is 11.9 Å². The van der Waals surface area contributed by atoms with Crippen LogP contribution in [0.5, 0.6) is 0 Å². The third-order valence-corrected chi connectivity index (χ3v) is 5.10. The molecule has 2 aromatic carbocycles. The minimum atomic E-state index is -0.295. The highest BCUT2D eigenvalue weighted by Crippen LogP contribution is 2.30. The summed E-state index contributed by atoms with van der Waals surface area (Å²) in [5.74, 6) is -0.339. The van der Waals surface area contributed by atoms with Crippen molar-refractivity contribution in [1.29, 1.82) is 0 Å². The van der Waals surface area contributed by atoms with Crippen molar-refractivity contribution in [3.63, 3.8) is 0 Å². The normalized spacial score (nSPS) is 15.9. The zero-order chi connectivity index (χ0) is 19.7. The Hall–Kier alpha value is -3.41. The topological polar surface area (TPSA) is 69.7 Å². The molecule has 0 aromatic heterocycles. The molecule has 0 radical (unpaired) electrons. The van der Waals surface area contributed by atoms with Gasteiger partial charge in [0.15, 0.2) is 0 Å². The summed E-state index contributed by atoms with van der Waals surface area (Å²) < 4.78 is 0. The Kier molecular flexibility index (Phi) is 4.69. The molecule has 6 heteroatoms. The Morgan fingerprint density at radius 2 is 1.86 bits per heavy atom. The largest absolute Gasteiger partial charge is 0.338 e. The number of anilines is 1. The first-order chi connectivity index (χ1) is 13.5. The molecule has 2 aromatic rings. The molecule has 4 rings (SSSR count). The SMILES string of the molecule is C=C1c2ccccc2C(=O)N1CC(=O)Nc1cccc(CN2CCCC2=O)c1. The van der Waals surface area contributed by atoms with E-state index in [4.69, 9.17) is 0 Å². The minimum absolute atomic E-state index is 0.0960. The molecule has 2 aliphatic rings. The van der Waals surface area contributed by atoms with Gasteiger partial charge in [0.2, 0.25) is 11.8 Å². The van der Waals surface area contributed by atoms with Gasteiger partial charge >= 0.3 is 0 Å². The van der Waals surface area contributed by atoms with Crippen molar-refractivity contribution in [2.45, 2.75) is 19.4 Å². The maximum atomic E-state index is 12.5. The van der Waals surface area contributed by atoms with E-state index in [1.54, 1.807) is 18.2 Å². The molecular formula is C22H21N3O3. The van der Waals surface area contributed by atoms with Gasteiger partial charge in [0, 0.05) is 42.0 Å².